The predicted molar refractivity (Wildman–Crippen MR) is 62.5 cm³/mol. The van der Waals surface area contributed by atoms with Crippen LogP contribution in [0.5, 0.6) is 0 Å². The van der Waals surface area contributed by atoms with E-state index in [4.69, 9.17) is 0 Å². The van der Waals surface area contributed by atoms with E-state index in [9.17, 15) is 13.2 Å². The van der Waals surface area contributed by atoms with Gasteiger partial charge in [0.25, 0.3) is 0 Å². The van der Waals surface area contributed by atoms with Gasteiger partial charge in [-0.2, -0.15) is 18.2 Å². The van der Waals surface area contributed by atoms with Crippen LogP contribution < -0.4 is 10.6 Å². The fraction of sp³-hybridized carbons (Fsp3) is 0.636. The zero-order valence-corrected chi connectivity index (χ0v) is 10.2. The Labute approximate surface area is 103 Å². The Kier molecular flexibility index (Phi) is 3.08. The van der Waals surface area contributed by atoms with Crippen molar-refractivity contribution in [2.45, 2.75) is 38.4 Å². The number of rotatable bonds is 4. The summed E-state index contributed by atoms with van der Waals surface area (Å²) >= 11 is 0. The summed E-state index contributed by atoms with van der Waals surface area (Å²) in [5, 5.41) is 5.72. The summed E-state index contributed by atoms with van der Waals surface area (Å²) in [4.78, 5) is 7.49. The zero-order valence-electron chi connectivity index (χ0n) is 10.2. The summed E-state index contributed by atoms with van der Waals surface area (Å²) in [6.07, 6.45) is -2.59. The quantitative estimate of drug-likeness (QED) is 0.874. The molecule has 100 valence electrons. The summed E-state index contributed by atoms with van der Waals surface area (Å²) in [5.41, 5.74) is -1.05. The van der Waals surface area contributed by atoms with Crippen LogP contribution in [-0.2, 0) is 6.18 Å². The van der Waals surface area contributed by atoms with Gasteiger partial charge >= 0.3 is 6.18 Å². The maximum atomic E-state index is 12.7. The fourth-order valence-electron chi connectivity index (χ4n) is 1.52. The second kappa shape index (κ2) is 4.29. The van der Waals surface area contributed by atoms with Crippen molar-refractivity contribution >= 4 is 11.8 Å². The zero-order chi connectivity index (χ0) is 13.4. The third-order valence-electron chi connectivity index (χ3n) is 2.78. The van der Waals surface area contributed by atoms with E-state index in [1.807, 2.05) is 6.92 Å². The van der Waals surface area contributed by atoms with Gasteiger partial charge in [0.2, 0.25) is 5.95 Å². The molecule has 1 heterocycles. The highest BCUT2D eigenvalue weighted by Crippen LogP contribution is 2.38. The Morgan fingerprint density at radius 1 is 1.33 bits per heavy atom. The molecule has 0 unspecified atom stereocenters. The van der Waals surface area contributed by atoms with Crippen LogP contribution in [0.25, 0.3) is 0 Å². The van der Waals surface area contributed by atoms with Crippen molar-refractivity contribution in [3.63, 3.8) is 0 Å². The van der Waals surface area contributed by atoms with Crippen LogP contribution >= 0.6 is 0 Å². The molecule has 0 spiro atoms. The standard InChI is InChI=1S/C11H15F3N4/c1-3-15-9-16-7(11(12,13)14)6-8(17-9)18-10(2)4-5-10/h6H,3-5H2,1-2H3,(H2,15,16,17,18). The van der Waals surface area contributed by atoms with E-state index >= 15 is 0 Å². The molecular weight excluding hydrogens is 245 g/mol. The Balaban J connectivity index is 2.30. The first kappa shape index (κ1) is 12.9. The molecule has 2 rings (SSSR count). The molecular formula is C11H15F3N4. The van der Waals surface area contributed by atoms with E-state index in [0.717, 1.165) is 18.9 Å². The van der Waals surface area contributed by atoms with Gasteiger partial charge in [-0.15, -0.1) is 0 Å². The van der Waals surface area contributed by atoms with Gasteiger partial charge in [-0.1, -0.05) is 0 Å². The summed E-state index contributed by atoms with van der Waals surface area (Å²) < 4.78 is 38.1. The largest absolute Gasteiger partial charge is 0.433 e. The van der Waals surface area contributed by atoms with E-state index in [1.54, 1.807) is 6.92 Å². The molecule has 7 heteroatoms. The minimum atomic E-state index is -4.46. The summed E-state index contributed by atoms with van der Waals surface area (Å²) in [7, 11) is 0. The highest BCUT2D eigenvalue weighted by Gasteiger charge is 2.39. The second-order valence-corrected chi connectivity index (χ2v) is 4.68. The highest BCUT2D eigenvalue weighted by molar-refractivity contribution is 5.46. The van der Waals surface area contributed by atoms with E-state index in [-0.39, 0.29) is 17.3 Å². The molecule has 1 aromatic rings. The molecule has 0 saturated heterocycles. The number of nitrogens with zero attached hydrogens (tertiary/aromatic N) is 2. The maximum absolute atomic E-state index is 12.7. The van der Waals surface area contributed by atoms with Crippen molar-refractivity contribution in [2.24, 2.45) is 0 Å². The molecule has 0 amide bonds. The molecule has 1 aromatic heterocycles. The molecule has 1 saturated carbocycles. The molecule has 2 N–H and O–H groups in total. The van der Waals surface area contributed by atoms with E-state index in [2.05, 4.69) is 20.6 Å². The van der Waals surface area contributed by atoms with Gasteiger partial charge in [0.1, 0.15) is 5.82 Å². The lowest BCUT2D eigenvalue weighted by Crippen LogP contribution is -2.19. The highest BCUT2D eigenvalue weighted by atomic mass is 19.4. The predicted octanol–water partition coefficient (Wildman–Crippen LogP) is 2.89. The van der Waals surface area contributed by atoms with Gasteiger partial charge in [-0.05, 0) is 26.7 Å². The van der Waals surface area contributed by atoms with Crippen LogP contribution in [0.15, 0.2) is 6.07 Å². The van der Waals surface area contributed by atoms with Crippen molar-refractivity contribution in [3.05, 3.63) is 11.8 Å². The first-order valence-electron chi connectivity index (χ1n) is 5.81. The number of alkyl halides is 3. The first-order valence-corrected chi connectivity index (χ1v) is 5.81. The van der Waals surface area contributed by atoms with Crippen LogP contribution in [-0.4, -0.2) is 22.1 Å². The Morgan fingerprint density at radius 2 is 2.00 bits per heavy atom. The number of nitrogens with one attached hydrogen (secondary N) is 2. The normalized spacial score (nSPS) is 17.4. The van der Waals surface area contributed by atoms with Gasteiger partial charge in [0.05, 0.1) is 0 Å². The third kappa shape index (κ3) is 3.02. The van der Waals surface area contributed by atoms with Crippen molar-refractivity contribution in [1.29, 1.82) is 0 Å². The molecule has 0 bridgehead atoms. The average Bonchev–Trinajstić information content (AvgIpc) is 2.94. The fourth-order valence-corrected chi connectivity index (χ4v) is 1.52. The SMILES string of the molecule is CCNc1nc(NC2(C)CC2)cc(C(F)(F)F)n1. The molecule has 1 aliphatic carbocycles. The van der Waals surface area contributed by atoms with Gasteiger partial charge in [0.15, 0.2) is 5.69 Å². The monoisotopic (exact) mass is 260 g/mol. The van der Waals surface area contributed by atoms with Gasteiger partial charge < -0.3 is 10.6 Å². The van der Waals surface area contributed by atoms with E-state index < -0.39 is 11.9 Å². The topological polar surface area (TPSA) is 49.8 Å². The molecule has 0 aromatic carbocycles. The molecule has 4 nitrogen and oxygen atoms in total. The number of anilines is 2. The van der Waals surface area contributed by atoms with Gasteiger partial charge in [-0.3, -0.25) is 0 Å². The lowest BCUT2D eigenvalue weighted by Gasteiger charge is -2.15. The Hall–Kier alpha value is -1.53. The smallest absolute Gasteiger partial charge is 0.365 e. The minimum absolute atomic E-state index is 0.000856. The van der Waals surface area contributed by atoms with Gasteiger partial charge in [-0.25, -0.2) is 4.98 Å². The number of halogens is 3. The number of aromatic nitrogens is 2. The Morgan fingerprint density at radius 3 is 2.50 bits per heavy atom. The van der Waals surface area contributed by atoms with Crippen molar-refractivity contribution < 1.29 is 13.2 Å². The number of hydrogen-bond acceptors (Lipinski definition) is 4. The van der Waals surface area contributed by atoms with Crippen LogP contribution in [0, 0.1) is 0 Å². The molecule has 1 aliphatic rings. The molecule has 0 atom stereocenters. The Bertz CT molecular complexity index is 440. The van der Waals surface area contributed by atoms with E-state index in [0.29, 0.717) is 6.54 Å². The van der Waals surface area contributed by atoms with Crippen LogP contribution in [0.3, 0.4) is 0 Å². The number of hydrogen-bond donors (Lipinski definition) is 2. The molecule has 18 heavy (non-hydrogen) atoms. The third-order valence-corrected chi connectivity index (χ3v) is 2.78. The lowest BCUT2D eigenvalue weighted by molar-refractivity contribution is -0.141. The lowest BCUT2D eigenvalue weighted by atomic mass is 10.3. The molecule has 1 fully saturated rings. The molecule has 0 radical (unpaired) electrons. The first-order chi connectivity index (χ1) is 8.32. The van der Waals surface area contributed by atoms with Crippen LogP contribution in [0.4, 0.5) is 24.9 Å². The summed E-state index contributed by atoms with van der Waals surface area (Å²) in [6.45, 7) is 4.20. The average molecular weight is 260 g/mol. The summed E-state index contributed by atoms with van der Waals surface area (Å²) in [6, 6.07) is 0.949. The van der Waals surface area contributed by atoms with Crippen molar-refractivity contribution in [2.75, 3.05) is 17.2 Å². The van der Waals surface area contributed by atoms with Crippen molar-refractivity contribution in [1.82, 2.24) is 9.97 Å². The van der Waals surface area contributed by atoms with Crippen molar-refractivity contribution in [3.8, 4) is 0 Å². The maximum Gasteiger partial charge on any atom is 0.433 e. The van der Waals surface area contributed by atoms with Crippen LogP contribution in [0.1, 0.15) is 32.4 Å². The van der Waals surface area contributed by atoms with Gasteiger partial charge in [0, 0.05) is 18.2 Å². The van der Waals surface area contributed by atoms with Crippen LogP contribution in [0.2, 0.25) is 0 Å². The van der Waals surface area contributed by atoms with E-state index in [1.165, 1.54) is 0 Å². The minimum Gasteiger partial charge on any atom is -0.365 e. The second-order valence-electron chi connectivity index (χ2n) is 4.68. The summed E-state index contributed by atoms with van der Waals surface area (Å²) in [5.74, 6) is 0.215. The molecule has 0 aliphatic heterocycles.